The Morgan fingerprint density at radius 3 is 2.67 bits per heavy atom. The van der Waals surface area contributed by atoms with E-state index in [0.717, 1.165) is 5.69 Å². The third-order valence-electron chi connectivity index (χ3n) is 3.61. The molecule has 24 heavy (non-hydrogen) atoms. The highest BCUT2D eigenvalue weighted by molar-refractivity contribution is 5.91. The van der Waals surface area contributed by atoms with Crippen molar-refractivity contribution in [2.75, 3.05) is 0 Å². The van der Waals surface area contributed by atoms with Gasteiger partial charge in [-0.3, -0.25) is 19.4 Å². The Morgan fingerprint density at radius 1 is 1.21 bits per heavy atom. The van der Waals surface area contributed by atoms with E-state index in [-0.39, 0.29) is 5.56 Å². The Hall–Kier alpha value is -3.25. The van der Waals surface area contributed by atoms with Gasteiger partial charge in [0, 0.05) is 6.08 Å². The Kier molecular flexibility index (Phi) is 4.22. The lowest BCUT2D eigenvalue weighted by molar-refractivity contribution is -0.124. The molecule has 0 saturated carbocycles. The maximum atomic E-state index is 12.8. The lowest BCUT2D eigenvalue weighted by atomic mass is 10.1. The molecular weight excluding hydrogens is 306 g/mol. The minimum absolute atomic E-state index is 0.146. The van der Waals surface area contributed by atoms with E-state index < -0.39 is 5.91 Å². The van der Waals surface area contributed by atoms with E-state index in [0.29, 0.717) is 22.3 Å². The van der Waals surface area contributed by atoms with Crippen molar-refractivity contribution in [2.24, 2.45) is 0 Å². The standard InChI is InChI=1S/C18H15N3O3/c1-12-19-16-11-13(8-10-17(22)20-24)7-9-15(16)18(23)21(12)14-5-3-2-4-6-14/h2-11,24H,1H3,(H,20,22)/b10-8+. The quantitative estimate of drug-likeness (QED) is 0.440. The van der Waals surface area contributed by atoms with Gasteiger partial charge >= 0.3 is 0 Å². The highest BCUT2D eigenvalue weighted by Gasteiger charge is 2.09. The first-order valence-electron chi connectivity index (χ1n) is 7.31. The number of benzene rings is 2. The second-order valence-corrected chi connectivity index (χ2v) is 5.22. The molecule has 2 N–H and O–H groups in total. The predicted molar refractivity (Wildman–Crippen MR) is 91.0 cm³/mol. The van der Waals surface area contributed by atoms with E-state index in [2.05, 4.69) is 4.98 Å². The summed E-state index contributed by atoms with van der Waals surface area (Å²) in [5, 5.41) is 8.98. The number of amides is 1. The molecule has 120 valence electrons. The summed E-state index contributed by atoms with van der Waals surface area (Å²) in [5.74, 6) is -0.0494. The van der Waals surface area contributed by atoms with Gasteiger partial charge in [-0.2, -0.15) is 0 Å². The van der Waals surface area contributed by atoms with Gasteiger partial charge in [0.25, 0.3) is 11.5 Å². The van der Waals surface area contributed by atoms with Crippen molar-refractivity contribution in [1.29, 1.82) is 0 Å². The van der Waals surface area contributed by atoms with Gasteiger partial charge in [-0.05, 0) is 42.8 Å². The zero-order valence-electron chi connectivity index (χ0n) is 12.9. The van der Waals surface area contributed by atoms with Crippen molar-refractivity contribution in [2.45, 2.75) is 6.92 Å². The molecule has 1 aromatic heterocycles. The van der Waals surface area contributed by atoms with E-state index in [4.69, 9.17) is 5.21 Å². The van der Waals surface area contributed by atoms with Crippen LogP contribution >= 0.6 is 0 Å². The molecule has 2 aromatic carbocycles. The predicted octanol–water partition coefficient (Wildman–Crippen LogP) is 2.21. The first kappa shape index (κ1) is 15.6. The normalized spacial score (nSPS) is 11.1. The number of nitrogens with one attached hydrogen (secondary N) is 1. The van der Waals surface area contributed by atoms with Crippen LogP contribution in [0.3, 0.4) is 0 Å². The molecule has 3 rings (SSSR count). The zero-order chi connectivity index (χ0) is 17.1. The van der Waals surface area contributed by atoms with E-state index in [1.54, 1.807) is 29.7 Å². The average molecular weight is 321 g/mol. The zero-order valence-corrected chi connectivity index (χ0v) is 12.9. The van der Waals surface area contributed by atoms with Crippen LogP contribution in [0.5, 0.6) is 0 Å². The Balaban J connectivity index is 2.13. The van der Waals surface area contributed by atoms with Gasteiger partial charge in [0.15, 0.2) is 0 Å². The summed E-state index contributed by atoms with van der Waals surface area (Å²) in [6, 6.07) is 14.5. The highest BCUT2D eigenvalue weighted by Crippen LogP contribution is 2.15. The summed E-state index contributed by atoms with van der Waals surface area (Å²) < 4.78 is 1.57. The summed E-state index contributed by atoms with van der Waals surface area (Å²) in [4.78, 5) is 28.3. The number of nitrogens with zero attached hydrogens (tertiary/aromatic N) is 2. The minimum atomic E-state index is -0.626. The monoisotopic (exact) mass is 321 g/mol. The number of carbonyl (C=O) groups is 1. The molecule has 0 unspecified atom stereocenters. The van der Waals surface area contributed by atoms with Gasteiger partial charge < -0.3 is 0 Å². The van der Waals surface area contributed by atoms with Crippen molar-refractivity contribution in [3.8, 4) is 5.69 Å². The second kappa shape index (κ2) is 6.47. The summed E-state index contributed by atoms with van der Waals surface area (Å²) in [6.45, 7) is 1.77. The molecule has 0 fully saturated rings. The van der Waals surface area contributed by atoms with Gasteiger partial charge in [0.2, 0.25) is 0 Å². The molecule has 0 saturated heterocycles. The van der Waals surface area contributed by atoms with Gasteiger partial charge in [0.1, 0.15) is 5.82 Å². The molecule has 0 bridgehead atoms. The molecule has 0 atom stereocenters. The van der Waals surface area contributed by atoms with Crippen molar-refractivity contribution in [3.63, 3.8) is 0 Å². The number of hydroxylamine groups is 1. The van der Waals surface area contributed by atoms with Gasteiger partial charge in [0.05, 0.1) is 16.6 Å². The highest BCUT2D eigenvalue weighted by atomic mass is 16.5. The van der Waals surface area contributed by atoms with Crippen LogP contribution in [-0.4, -0.2) is 20.7 Å². The first-order chi connectivity index (χ1) is 11.6. The number of hydrogen-bond acceptors (Lipinski definition) is 4. The molecular formula is C18H15N3O3. The number of carbonyl (C=O) groups excluding carboxylic acids is 1. The molecule has 0 spiro atoms. The molecule has 6 heteroatoms. The Morgan fingerprint density at radius 2 is 1.96 bits per heavy atom. The van der Waals surface area contributed by atoms with E-state index in [1.165, 1.54) is 17.6 Å². The maximum Gasteiger partial charge on any atom is 0.267 e. The van der Waals surface area contributed by atoms with E-state index in [9.17, 15) is 9.59 Å². The molecule has 3 aromatic rings. The van der Waals surface area contributed by atoms with Crippen LogP contribution in [0.25, 0.3) is 22.7 Å². The third-order valence-corrected chi connectivity index (χ3v) is 3.61. The van der Waals surface area contributed by atoms with Crippen molar-refractivity contribution in [1.82, 2.24) is 15.0 Å². The summed E-state index contributed by atoms with van der Waals surface area (Å²) in [5.41, 5.74) is 3.39. The van der Waals surface area contributed by atoms with Gasteiger partial charge in [-0.15, -0.1) is 0 Å². The average Bonchev–Trinajstić information content (AvgIpc) is 2.60. The number of fused-ring (bicyclic) bond motifs is 1. The van der Waals surface area contributed by atoms with Crippen molar-refractivity contribution in [3.05, 3.63) is 76.3 Å². The van der Waals surface area contributed by atoms with Crippen LogP contribution in [0.4, 0.5) is 0 Å². The topological polar surface area (TPSA) is 84.2 Å². The molecule has 1 amide bonds. The van der Waals surface area contributed by atoms with Gasteiger partial charge in [-0.1, -0.05) is 24.3 Å². The van der Waals surface area contributed by atoms with E-state index in [1.807, 2.05) is 30.3 Å². The molecule has 1 heterocycles. The van der Waals surface area contributed by atoms with Crippen LogP contribution in [0, 0.1) is 6.92 Å². The van der Waals surface area contributed by atoms with Crippen LogP contribution < -0.4 is 11.0 Å². The minimum Gasteiger partial charge on any atom is -0.288 e. The smallest absolute Gasteiger partial charge is 0.267 e. The lowest BCUT2D eigenvalue weighted by Gasteiger charge is -2.11. The molecule has 0 aliphatic rings. The van der Waals surface area contributed by atoms with Crippen LogP contribution in [-0.2, 0) is 4.79 Å². The summed E-state index contributed by atoms with van der Waals surface area (Å²) in [6.07, 6.45) is 2.73. The summed E-state index contributed by atoms with van der Waals surface area (Å²) in [7, 11) is 0. The Labute approximate surface area is 137 Å². The first-order valence-corrected chi connectivity index (χ1v) is 7.31. The molecule has 0 radical (unpaired) electrons. The lowest BCUT2D eigenvalue weighted by Crippen LogP contribution is -2.22. The van der Waals surface area contributed by atoms with Crippen LogP contribution in [0.15, 0.2) is 59.4 Å². The number of para-hydroxylation sites is 1. The number of rotatable bonds is 3. The fourth-order valence-corrected chi connectivity index (χ4v) is 2.51. The number of aromatic nitrogens is 2. The van der Waals surface area contributed by atoms with Gasteiger partial charge in [-0.25, -0.2) is 10.5 Å². The largest absolute Gasteiger partial charge is 0.288 e. The van der Waals surface area contributed by atoms with Crippen LogP contribution in [0.2, 0.25) is 0 Å². The van der Waals surface area contributed by atoms with Crippen molar-refractivity contribution >= 4 is 22.9 Å². The fraction of sp³-hybridized carbons (Fsp3) is 0.0556. The second-order valence-electron chi connectivity index (χ2n) is 5.22. The van der Waals surface area contributed by atoms with Crippen molar-refractivity contribution < 1.29 is 10.0 Å². The third kappa shape index (κ3) is 2.95. The Bertz CT molecular complexity index is 992. The molecule has 0 aliphatic heterocycles. The molecule has 0 aliphatic carbocycles. The summed E-state index contributed by atoms with van der Waals surface area (Å²) >= 11 is 0. The number of hydrogen-bond donors (Lipinski definition) is 2. The fourth-order valence-electron chi connectivity index (χ4n) is 2.51. The van der Waals surface area contributed by atoms with Crippen LogP contribution in [0.1, 0.15) is 11.4 Å². The molecule has 6 nitrogen and oxygen atoms in total. The maximum absolute atomic E-state index is 12.8. The van der Waals surface area contributed by atoms with E-state index >= 15 is 0 Å². The SMILES string of the molecule is Cc1nc2cc(/C=C/C(=O)NO)ccc2c(=O)n1-c1ccccc1. The number of aryl methyl sites for hydroxylation is 1.